The minimum absolute atomic E-state index is 0.0933. The average molecular weight is 351 g/mol. The van der Waals surface area contributed by atoms with Crippen LogP contribution in [0.15, 0.2) is 34.0 Å². The largest absolute Gasteiger partial charge is 0.307 e. The van der Waals surface area contributed by atoms with Gasteiger partial charge in [0.1, 0.15) is 0 Å². The Hall–Kier alpha value is -1.40. The highest BCUT2D eigenvalue weighted by molar-refractivity contribution is 7.92. The van der Waals surface area contributed by atoms with E-state index in [0.717, 1.165) is 31.2 Å². The molecule has 0 N–H and O–H groups in total. The zero-order valence-corrected chi connectivity index (χ0v) is 15.0. The van der Waals surface area contributed by atoms with Crippen LogP contribution in [0.1, 0.15) is 42.8 Å². The molecule has 1 aromatic heterocycles. The normalized spacial score (nSPS) is 14.9. The smallest absolute Gasteiger partial charge is 0.298 e. The zero-order valence-electron chi connectivity index (χ0n) is 13.4. The number of fused-ring (bicyclic) bond motifs is 1. The molecule has 0 unspecified atom stereocenters. The van der Waals surface area contributed by atoms with Crippen LogP contribution in [0.25, 0.3) is 0 Å². The maximum Gasteiger partial charge on any atom is 0.307 e. The molecule has 1 aromatic carbocycles. The number of hydrogen-bond acceptors (Lipinski definition) is 4. The third-order valence-corrected chi connectivity index (χ3v) is 7.61. The van der Waals surface area contributed by atoms with Gasteiger partial charge in [-0.15, -0.1) is 0 Å². The number of hydrogen-bond donors (Lipinski definition) is 0. The van der Waals surface area contributed by atoms with Crippen molar-refractivity contribution in [3.8, 4) is 0 Å². The molecule has 0 atom stereocenters. The van der Waals surface area contributed by atoms with E-state index in [1.807, 2.05) is 16.7 Å². The summed E-state index contributed by atoms with van der Waals surface area (Å²) in [4.78, 5) is 13.9. The van der Waals surface area contributed by atoms with Crippen molar-refractivity contribution in [2.75, 3.05) is 0 Å². The molecule has 0 spiro atoms. The molecule has 0 radical (unpaired) electrons. The van der Waals surface area contributed by atoms with E-state index in [1.54, 1.807) is 26.0 Å². The first-order valence-electron chi connectivity index (χ1n) is 7.94. The van der Waals surface area contributed by atoms with Gasteiger partial charge >= 0.3 is 4.87 Å². The van der Waals surface area contributed by atoms with Crippen LogP contribution in [-0.4, -0.2) is 18.2 Å². The van der Waals surface area contributed by atoms with Crippen LogP contribution < -0.4 is 4.87 Å². The molecule has 2 aromatic rings. The Bertz CT molecular complexity index is 858. The minimum atomic E-state index is -3.24. The number of aromatic nitrogens is 1. The van der Waals surface area contributed by atoms with Crippen molar-refractivity contribution in [3.63, 3.8) is 0 Å². The van der Waals surface area contributed by atoms with Gasteiger partial charge in [-0.1, -0.05) is 23.5 Å². The molecule has 0 bridgehead atoms. The van der Waals surface area contributed by atoms with Crippen LogP contribution in [0.2, 0.25) is 0 Å². The fraction of sp³-hybridized carbons (Fsp3) is 0.471. The van der Waals surface area contributed by atoms with Crippen molar-refractivity contribution < 1.29 is 8.42 Å². The predicted molar refractivity (Wildman–Crippen MR) is 93.1 cm³/mol. The average Bonchev–Trinajstić information content (AvgIpc) is 2.84. The standard InChI is InChI=1S/C17H21NO3S2/c1-12(2)23(20,21)14-9-7-13(8-10-14)11-18-15-5-3-4-6-16(15)22-17(18)19/h7-10,12H,3-6,11H2,1-2H3. The van der Waals surface area contributed by atoms with E-state index in [4.69, 9.17) is 0 Å². The van der Waals surface area contributed by atoms with Gasteiger partial charge in [0.15, 0.2) is 9.84 Å². The lowest BCUT2D eigenvalue weighted by Crippen LogP contribution is -2.18. The Balaban J connectivity index is 1.88. The molecule has 0 amide bonds. The van der Waals surface area contributed by atoms with Crippen molar-refractivity contribution >= 4 is 21.2 Å². The molecule has 1 aliphatic carbocycles. The van der Waals surface area contributed by atoms with Crippen LogP contribution in [0.4, 0.5) is 0 Å². The Morgan fingerprint density at radius 3 is 2.43 bits per heavy atom. The van der Waals surface area contributed by atoms with Gasteiger partial charge in [0.05, 0.1) is 16.7 Å². The molecule has 4 nitrogen and oxygen atoms in total. The van der Waals surface area contributed by atoms with E-state index in [2.05, 4.69) is 0 Å². The minimum Gasteiger partial charge on any atom is -0.298 e. The monoisotopic (exact) mass is 351 g/mol. The lowest BCUT2D eigenvalue weighted by molar-refractivity contribution is 0.587. The highest BCUT2D eigenvalue weighted by Crippen LogP contribution is 2.24. The van der Waals surface area contributed by atoms with Crippen LogP contribution in [0, 0.1) is 0 Å². The van der Waals surface area contributed by atoms with Gasteiger partial charge < -0.3 is 0 Å². The fourth-order valence-corrected chi connectivity index (χ4v) is 5.06. The number of sulfone groups is 1. The maximum atomic E-state index is 12.2. The lowest BCUT2D eigenvalue weighted by Gasteiger charge is -2.14. The Labute approximate surface area is 140 Å². The molecule has 0 aliphatic heterocycles. The first kappa shape index (κ1) is 16.5. The van der Waals surface area contributed by atoms with E-state index < -0.39 is 15.1 Å². The summed E-state index contributed by atoms with van der Waals surface area (Å²) in [6.45, 7) is 3.88. The molecule has 0 fully saturated rings. The van der Waals surface area contributed by atoms with Gasteiger partial charge in [-0.3, -0.25) is 9.36 Å². The summed E-state index contributed by atoms with van der Waals surface area (Å²) in [5.41, 5.74) is 2.13. The SMILES string of the molecule is CC(C)S(=O)(=O)c1ccc(Cn2c3c(sc2=O)CCCC3)cc1. The molecule has 6 heteroatoms. The van der Waals surface area contributed by atoms with E-state index in [-0.39, 0.29) is 4.87 Å². The first-order valence-corrected chi connectivity index (χ1v) is 10.3. The maximum absolute atomic E-state index is 12.2. The number of nitrogens with zero attached hydrogens (tertiary/aromatic N) is 1. The molecule has 1 aliphatic rings. The molecule has 0 saturated heterocycles. The molecule has 23 heavy (non-hydrogen) atoms. The summed E-state index contributed by atoms with van der Waals surface area (Å²) >= 11 is 1.36. The molecular weight excluding hydrogens is 330 g/mol. The van der Waals surface area contributed by atoms with Gasteiger partial charge in [0.2, 0.25) is 0 Å². The molecular formula is C17H21NO3S2. The second-order valence-corrected chi connectivity index (χ2v) is 9.82. The predicted octanol–water partition coefficient (Wildman–Crippen LogP) is 3.02. The van der Waals surface area contributed by atoms with Crippen molar-refractivity contribution in [2.45, 2.75) is 56.2 Å². The Morgan fingerprint density at radius 1 is 1.13 bits per heavy atom. The van der Waals surface area contributed by atoms with Crippen molar-refractivity contribution in [1.29, 1.82) is 0 Å². The number of aryl methyl sites for hydroxylation is 1. The summed E-state index contributed by atoms with van der Waals surface area (Å²) in [7, 11) is -3.24. The van der Waals surface area contributed by atoms with Gasteiger partial charge in [-0.25, -0.2) is 8.42 Å². The quantitative estimate of drug-likeness (QED) is 0.851. The lowest BCUT2D eigenvalue weighted by atomic mass is 10.0. The van der Waals surface area contributed by atoms with Crippen molar-refractivity contribution in [3.05, 3.63) is 50.1 Å². The number of benzene rings is 1. The number of rotatable bonds is 4. The second-order valence-electron chi connectivity index (χ2n) is 6.27. The van der Waals surface area contributed by atoms with Gasteiger partial charge in [-0.05, 0) is 57.2 Å². The first-order chi connectivity index (χ1) is 10.9. The summed E-state index contributed by atoms with van der Waals surface area (Å²) in [5.74, 6) is 0. The number of thiazole rings is 1. The van der Waals surface area contributed by atoms with Gasteiger partial charge in [0.25, 0.3) is 0 Å². The van der Waals surface area contributed by atoms with Gasteiger partial charge in [0, 0.05) is 10.6 Å². The summed E-state index contributed by atoms with van der Waals surface area (Å²) in [5, 5.41) is -0.431. The van der Waals surface area contributed by atoms with Crippen molar-refractivity contribution in [1.82, 2.24) is 4.57 Å². The molecule has 3 rings (SSSR count). The third-order valence-electron chi connectivity index (χ3n) is 4.36. The van der Waals surface area contributed by atoms with E-state index >= 15 is 0 Å². The van der Waals surface area contributed by atoms with Crippen LogP contribution in [0.3, 0.4) is 0 Å². The molecule has 1 heterocycles. The fourth-order valence-electron chi connectivity index (χ4n) is 2.93. The van der Waals surface area contributed by atoms with E-state index in [9.17, 15) is 13.2 Å². The zero-order chi connectivity index (χ0) is 16.6. The van der Waals surface area contributed by atoms with Crippen LogP contribution >= 0.6 is 11.3 Å². The van der Waals surface area contributed by atoms with Crippen LogP contribution in [0.5, 0.6) is 0 Å². The van der Waals surface area contributed by atoms with Gasteiger partial charge in [-0.2, -0.15) is 0 Å². The summed E-state index contributed by atoms with van der Waals surface area (Å²) in [6, 6.07) is 6.92. The highest BCUT2D eigenvalue weighted by atomic mass is 32.2. The summed E-state index contributed by atoms with van der Waals surface area (Å²) < 4.78 is 26.2. The summed E-state index contributed by atoms with van der Waals surface area (Å²) in [6.07, 6.45) is 4.27. The highest BCUT2D eigenvalue weighted by Gasteiger charge is 2.20. The molecule has 0 saturated carbocycles. The second kappa shape index (κ2) is 6.24. The topological polar surface area (TPSA) is 56.1 Å². The Kier molecular flexibility index (Phi) is 4.47. The van der Waals surface area contributed by atoms with Crippen molar-refractivity contribution in [2.24, 2.45) is 0 Å². The third kappa shape index (κ3) is 3.15. The Morgan fingerprint density at radius 2 is 1.78 bits per heavy atom. The van der Waals surface area contributed by atoms with Crippen LogP contribution in [-0.2, 0) is 29.2 Å². The molecule has 124 valence electrons. The van der Waals surface area contributed by atoms with E-state index in [1.165, 1.54) is 21.9 Å². The van der Waals surface area contributed by atoms with E-state index in [0.29, 0.717) is 11.4 Å².